The Hall–Kier alpha value is -3.23. The molecule has 2 heterocycles. The van der Waals surface area contributed by atoms with Crippen molar-refractivity contribution in [3.05, 3.63) is 47.9 Å². The standard InChI is InChI=1S/C29H35Cl3FN5O6Si/c1-17-12-20(33)22(36-27(40)43-16-29(30,31)32)14-19(17)21-15-24(42-10-11-44-45(6,7)28(2,3)4)38-25(35-21)18-8-9-34-23(13-18)37-26(39)41-5/h8-9,12-15H,10-11,16H2,1-7H3,(H,36,40)(H,34,37,39). The second-order valence-electron chi connectivity index (χ2n) is 11.4. The summed E-state index contributed by atoms with van der Waals surface area (Å²) in [5, 5.41) is 4.85. The molecule has 16 heteroatoms. The number of carbonyl (C=O) groups is 2. The Morgan fingerprint density at radius 2 is 1.71 bits per heavy atom. The maximum atomic E-state index is 14.9. The van der Waals surface area contributed by atoms with E-state index < -0.39 is 36.7 Å². The number of anilines is 2. The summed E-state index contributed by atoms with van der Waals surface area (Å²) in [5.41, 5.74) is 1.63. The number of benzene rings is 1. The van der Waals surface area contributed by atoms with Gasteiger partial charge in [-0.15, -0.1) is 0 Å². The lowest BCUT2D eigenvalue weighted by molar-refractivity contribution is 0.163. The zero-order valence-corrected chi connectivity index (χ0v) is 29.2. The molecule has 0 spiro atoms. The van der Waals surface area contributed by atoms with Crippen LogP contribution in [0.2, 0.25) is 18.1 Å². The van der Waals surface area contributed by atoms with Crippen LogP contribution < -0.4 is 15.4 Å². The van der Waals surface area contributed by atoms with Crippen LogP contribution in [0.1, 0.15) is 26.3 Å². The second-order valence-corrected chi connectivity index (χ2v) is 18.7. The molecule has 0 saturated heterocycles. The fourth-order valence-electron chi connectivity index (χ4n) is 3.56. The van der Waals surface area contributed by atoms with Crippen LogP contribution in [0.5, 0.6) is 5.88 Å². The summed E-state index contributed by atoms with van der Waals surface area (Å²) in [6.45, 7) is 12.4. The van der Waals surface area contributed by atoms with Gasteiger partial charge in [0.15, 0.2) is 14.1 Å². The fraction of sp³-hybridized carbons (Fsp3) is 0.414. The van der Waals surface area contributed by atoms with Crippen LogP contribution in [0.4, 0.5) is 25.5 Å². The fourth-order valence-corrected chi connectivity index (χ4v) is 4.75. The minimum Gasteiger partial charge on any atom is -0.475 e. The number of nitrogens with zero attached hydrogens (tertiary/aromatic N) is 3. The van der Waals surface area contributed by atoms with Crippen molar-refractivity contribution in [3.63, 3.8) is 0 Å². The van der Waals surface area contributed by atoms with E-state index in [1.165, 1.54) is 25.4 Å². The summed E-state index contributed by atoms with van der Waals surface area (Å²) in [4.78, 5) is 37.4. The average molecular weight is 703 g/mol. The number of aryl methyl sites for hydroxylation is 1. The van der Waals surface area contributed by atoms with Crippen LogP contribution in [-0.2, 0) is 13.9 Å². The molecule has 3 rings (SSSR count). The molecule has 45 heavy (non-hydrogen) atoms. The Kier molecular flexibility index (Phi) is 12.0. The smallest absolute Gasteiger partial charge is 0.412 e. The van der Waals surface area contributed by atoms with Gasteiger partial charge in [-0.05, 0) is 54.9 Å². The Morgan fingerprint density at radius 1 is 1.00 bits per heavy atom. The van der Waals surface area contributed by atoms with E-state index in [0.717, 1.165) is 0 Å². The van der Waals surface area contributed by atoms with Crippen molar-refractivity contribution < 1.29 is 32.6 Å². The number of carbonyl (C=O) groups excluding carboxylic acids is 2. The summed E-state index contributed by atoms with van der Waals surface area (Å²) in [6.07, 6.45) is -0.251. The van der Waals surface area contributed by atoms with Gasteiger partial charge in [-0.25, -0.2) is 23.9 Å². The van der Waals surface area contributed by atoms with Crippen molar-refractivity contribution in [1.29, 1.82) is 0 Å². The molecule has 0 atom stereocenters. The molecule has 3 aromatic rings. The molecule has 0 aliphatic heterocycles. The molecule has 0 radical (unpaired) electrons. The number of halogens is 4. The molecule has 2 N–H and O–H groups in total. The van der Waals surface area contributed by atoms with Crippen LogP contribution >= 0.6 is 34.8 Å². The van der Waals surface area contributed by atoms with Gasteiger partial charge in [-0.2, -0.15) is 4.98 Å². The highest BCUT2D eigenvalue weighted by molar-refractivity contribution is 6.74. The minimum atomic E-state index is -2.01. The predicted molar refractivity (Wildman–Crippen MR) is 175 cm³/mol. The number of methoxy groups -OCH3 is 1. The molecule has 0 aliphatic rings. The van der Waals surface area contributed by atoms with Gasteiger partial charge in [-0.3, -0.25) is 10.6 Å². The number of alkyl halides is 3. The number of nitrogens with one attached hydrogen (secondary N) is 2. The average Bonchev–Trinajstić information content (AvgIpc) is 2.94. The molecule has 11 nitrogen and oxygen atoms in total. The topological polar surface area (TPSA) is 134 Å². The van der Waals surface area contributed by atoms with Crippen LogP contribution in [0.15, 0.2) is 36.5 Å². The van der Waals surface area contributed by atoms with Gasteiger partial charge in [0.05, 0.1) is 25.1 Å². The third kappa shape index (κ3) is 10.7. The summed E-state index contributed by atoms with van der Waals surface area (Å²) in [6, 6.07) is 7.44. The summed E-state index contributed by atoms with van der Waals surface area (Å²) in [5.74, 6) is -0.0726. The van der Waals surface area contributed by atoms with Crippen LogP contribution in [-0.4, -0.2) is 66.2 Å². The Balaban J connectivity index is 1.99. The lowest BCUT2D eigenvalue weighted by Crippen LogP contribution is -2.41. The molecule has 2 aromatic heterocycles. The molecule has 244 valence electrons. The first-order chi connectivity index (χ1) is 20.9. The monoisotopic (exact) mass is 701 g/mol. The van der Waals surface area contributed by atoms with Gasteiger partial charge in [0.1, 0.15) is 24.8 Å². The Morgan fingerprint density at radius 3 is 2.36 bits per heavy atom. The van der Waals surface area contributed by atoms with Crippen molar-refractivity contribution in [2.45, 2.75) is 49.6 Å². The SMILES string of the molecule is COC(=O)Nc1cc(-c2nc(OCCO[Si](C)(C)C(C)(C)C)cc(-c3cc(NC(=O)OCC(Cl)(Cl)Cl)c(F)cc3C)n2)ccn1. The van der Waals surface area contributed by atoms with Crippen LogP contribution in [0, 0.1) is 12.7 Å². The number of aromatic nitrogens is 3. The third-order valence-corrected chi connectivity index (χ3v) is 11.8. The molecule has 0 aliphatic carbocycles. The number of hydrogen-bond donors (Lipinski definition) is 2. The van der Waals surface area contributed by atoms with Gasteiger partial charge in [0, 0.05) is 23.4 Å². The highest BCUT2D eigenvalue weighted by Gasteiger charge is 2.37. The Bertz CT molecular complexity index is 1540. The highest BCUT2D eigenvalue weighted by atomic mass is 35.6. The van der Waals surface area contributed by atoms with E-state index in [9.17, 15) is 14.0 Å². The number of rotatable bonds is 10. The number of pyridine rings is 1. The summed E-state index contributed by atoms with van der Waals surface area (Å²) in [7, 11) is -0.774. The summed E-state index contributed by atoms with van der Waals surface area (Å²) < 4.78 is 34.8. The van der Waals surface area contributed by atoms with Crippen molar-refractivity contribution in [3.8, 4) is 28.5 Å². The molecule has 0 saturated carbocycles. The number of ether oxygens (including phenoxy) is 3. The van der Waals surface area contributed by atoms with Gasteiger partial charge in [0.2, 0.25) is 9.67 Å². The molecular weight excluding hydrogens is 668 g/mol. The molecule has 1 aromatic carbocycles. The van der Waals surface area contributed by atoms with E-state index >= 15 is 0 Å². The van der Waals surface area contributed by atoms with E-state index in [4.69, 9.17) is 48.7 Å². The normalized spacial score (nSPS) is 12.0. The molecule has 0 bridgehead atoms. The second kappa shape index (κ2) is 14.9. The zero-order valence-electron chi connectivity index (χ0n) is 25.9. The molecule has 0 fully saturated rings. The molecule has 2 amide bonds. The van der Waals surface area contributed by atoms with Gasteiger partial charge in [-0.1, -0.05) is 55.6 Å². The minimum absolute atomic E-state index is 0.0266. The number of hydrogen-bond acceptors (Lipinski definition) is 9. The first-order valence-corrected chi connectivity index (χ1v) is 17.7. The maximum absolute atomic E-state index is 14.9. The van der Waals surface area contributed by atoms with Crippen molar-refractivity contribution >= 4 is 66.8 Å². The van der Waals surface area contributed by atoms with E-state index in [-0.39, 0.29) is 34.9 Å². The molecular formula is C29H35Cl3FN5O6Si. The quantitative estimate of drug-likeness (QED) is 0.122. The van der Waals surface area contributed by atoms with E-state index in [1.807, 2.05) is 0 Å². The van der Waals surface area contributed by atoms with Gasteiger partial charge < -0.3 is 18.6 Å². The third-order valence-electron chi connectivity index (χ3n) is 6.93. The van der Waals surface area contributed by atoms with E-state index in [0.29, 0.717) is 29.0 Å². The Labute approximate surface area is 277 Å². The largest absolute Gasteiger partial charge is 0.475 e. The lowest BCUT2D eigenvalue weighted by atomic mass is 10.0. The van der Waals surface area contributed by atoms with Gasteiger partial charge >= 0.3 is 12.2 Å². The maximum Gasteiger partial charge on any atom is 0.412 e. The number of amides is 2. The van der Waals surface area contributed by atoms with Crippen molar-refractivity contribution in [1.82, 2.24) is 15.0 Å². The first-order valence-electron chi connectivity index (χ1n) is 13.7. The van der Waals surface area contributed by atoms with E-state index in [2.05, 4.69) is 64.2 Å². The van der Waals surface area contributed by atoms with Crippen molar-refractivity contribution in [2.75, 3.05) is 37.6 Å². The molecule has 0 unspecified atom stereocenters. The van der Waals surface area contributed by atoms with Crippen LogP contribution in [0.25, 0.3) is 22.6 Å². The van der Waals surface area contributed by atoms with E-state index in [1.54, 1.807) is 25.1 Å². The zero-order chi connectivity index (χ0) is 33.6. The highest BCUT2D eigenvalue weighted by Crippen LogP contribution is 2.36. The van der Waals surface area contributed by atoms with Gasteiger partial charge in [0.25, 0.3) is 0 Å². The predicted octanol–water partition coefficient (Wildman–Crippen LogP) is 8.15. The first kappa shape index (κ1) is 36.2. The summed E-state index contributed by atoms with van der Waals surface area (Å²) >= 11 is 16.9. The lowest BCUT2D eigenvalue weighted by Gasteiger charge is -2.36. The van der Waals surface area contributed by atoms with Crippen LogP contribution in [0.3, 0.4) is 0 Å². The van der Waals surface area contributed by atoms with Crippen molar-refractivity contribution in [2.24, 2.45) is 0 Å².